The summed E-state index contributed by atoms with van der Waals surface area (Å²) in [6.07, 6.45) is 1.05. The molecular formula is C30H44N2O8. The molecule has 2 aliphatic rings. The summed E-state index contributed by atoms with van der Waals surface area (Å²) in [4.78, 5) is 60.6. The number of rotatable bonds is 6. The predicted molar refractivity (Wildman–Crippen MR) is 147 cm³/mol. The number of nitrogens with zero attached hydrogens (tertiary/aromatic N) is 2. The van der Waals surface area contributed by atoms with Crippen molar-refractivity contribution in [2.75, 3.05) is 0 Å². The summed E-state index contributed by atoms with van der Waals surface area (Å²) >= 11 is 0. The Morgan fingerprint density at radius 1 is 0.625 bits per heavy atom. The molecule has 0 aromatic heterocycles. The van der Waals surface area contributed by atoms with Crippen molar-refractivity contribution < 1.29 is 38.3 Å². The quantitative estimate of drug-likeness (QED) is 0.441. The molecule has 0 saturated carbocycles. The molecule has 0 bridgehead atoms. The Hall–Kier alpha value is -2.98. The third-order valence-corrected chi connectivity index (χ3v) is 7.43. The number of benzene rings is 1. The second kappa shape index (κ2) is 11.1. The molecule has 1 aromatic carbocycles. The third-order valence-electron chi connectivity index (χ3n) is 7.43. The highest BCUT2D eigenvalue weighted by Gasteiger charge is 2.50. The van der Waals surface area contributed by atoms with E-state index in [1.54, 1.807) is 28.3 Å². The zero-order valence-corrected chi connectivity index (χ0v) is 25.5. The standard InChI is InChI=1S/C30H44N2O8/c1-19(33)39-31-27(3,4)15-23(16-28(31,5)6)37-25(35)21-12-11-13-22(14-21)26(36)38-24-17-29(7,8)32(40-20(2)34)30(9,10)18-24/h11-14,23-24H,15-18H2,1-10H3. The molecule has 0 aliphatic carbocycles. The van der Waals surface area contributed by atoms with Gasteiger partial charge in [-0.15, -0.1) is 10.1 Å². The Bertz CT molecular complexity index is 1030. The van der Waals surface area contributed by atoms with E-state index >= 15 is 0 Å². The van der Waals surface area contributed by atoms with Gasteiger partial charge in [0.25, 0.3) is 0 Å². The van der Waals surface area contributed by atoms with Crippen molar-refractivity contribution in [3.8, 4) is 0 Å². The van der Waals surface area contributed by atoms with Gasteiger partial charge in [0.2, 0.25) is 0 Å². The van der Waals surface area contributed by atoms with E-state index in [-0.39, 0.29) is 11.1 Å². The normalized spacial score (nSPS) is 22.6. The Morgan fingerprint density at radius 3 is 1.20 bits per heavy atom. The van der Waals surface area contributed by atoms with Crippen LogP contribution < -0.4 is 0 Å². The van der Waals surface area contributed by atoms with Gasteiger partial charge in [0.15, 0.2) is 0 Å². The molecule has 1 aromatic rings. The van der Waals surface area contributed by atoms with Crippen LogP contribution in [-0.2, 0) is 28.7 Å². The number of esters is 2. The smallest absolute Gasteiger partial charge is 0.338 e. The first-order valence-corrected chi connectivity index (χ1v) is 13.7. The van der Waals surface area contributed by atoms with Crippen molar-refractivity contribution >= 4 is 23.9 Å². The van der Waals surface area contributed by atoms with Crippen molar-refractivity contribution in [3.05, 3.63) is 35.4 Å². The summed E-state index contributed by atoms with van der Waals surface area (Å²) in [5.41, 5.74) is -1.74. The van der Waals surface area contributed by atoms with Crippen LogP contribution in [0.2, 0.25) is 0 Å². The van der Waals surface area contributed by atoms with Gasteiger partial charge in [-0.3, -0.25) is 9.59 Å². The minimum Gasteiger partial charge on any atom is -0.459 e. The monoisotopic (exact) mass is 560 g/mol. The van der Waals surface area contributed by atoms with Crippen LogP contribution in [-0.4, -0.2) is 68.4 Å². The zero-order chi connectivity index (χ0) is 30.3. The first-order chi connectivity index (χ1) is 18.2. The fraction of sp³-hybridized carbons (Fsp3) is 0.667. The topological polar surface area (TPSA) is 112 Å². The van der Waals surface area contributed by atoms with E-state index in [9.17, 15) is 19.2 Å². The van der Waals surface area contributed by atoms with Gasteiger partial charge in [-0.2, -0.15) is 0 Å². The van der Waals surface area contributed by atoms with E-state index in [4.69, 9.17) is 19.1 Å². The molecule has 2 fully saturated rings. The maximum atomic E-state index is 13.1. The summed E-state index contributed by atoms with van der Waals surface area (Å²) in [5, 5.41) is 3.37. The molecule has 0 amide bonds. The lowest BCUT2D eigenvalue weighted by Gasteiger charge is -2.52. The fourth-order valence-corrected chi connectivity index (χ4v) is 6.47. The minimum absolute atomic E-state index is 0.248. The third kappa shape index (κ3) is 7.20. The van der Waals surface area contributed by atoms with Crippen LogP contribution in [0, 0.1) is 0 Å². The first kappa shape index (κ1) is 31.5. The second-order valence-corrected chi connectivity index (χ2v) is 13.5. The number of carbonyl (C=O) groups is 4. The molecule has 0 radical (unpaired) electrons. The summed E-state index contributed by atoms with van der Waals surface area (Å²) < 4.78 is 11.8. The maximum Gasteiger partial charge on any atom is 0.338 e. The molecule has 2 heterocycles. The average molecular weight is 561 g/mol. The van der Waals surface area contributed by atoms with E-state index in [1.807, 2.05) is 55.4 Å². The van der Waals surface area contributed by atoms with Gasteiger partial charge in [0, 0.05) is 39.5 Å². The Balaban J connectivity index is 1.69. The van der Waals surface area contributed by atoms with Gasteiger partial charge in [-0.05, 0) is 73.6 Å². The highest BCUT2D eigenvalue weighted by atomic mass is 16.7. The van der Waals surface area contributed by atoms with Crippen LogP contribution >= 0.6 is 0 Å². The lowest BCUT2D eigenvalue weighted by atomic mass is 9.80. The molecule has 2 aliphatic heterocycles. The molecule has 40 heavy (non-hydrogen) atoms. The summed E-state index contributed by atoms with van der Waals surface area (Å²) in [6.45, 7) is 18.2. The highest BCUT2D eigenvalue weighted by Crippen LogP contribution is 2.41. The summed E-state index contributed by atoms with van der Waals surface area (Å²) in [7, 11) is 0. The average Bonchev–Trinajstić information content (AvgIpc) is 2.77. The lowest BCUT2D eigenvalue weighted by Crippen LogP contribution is -2.62. The largest absolute Gasteiger partial charge is 0.459 e. The minimum atomic E-state index is -0.559. The van der Waals surface area contributed by atoms with Gasteiger partial charge in [-0.1, -0.05) is 6.07 Å². The first-order valence-electron chi connectivity index (χ1n) is 13.7. The Kier molecular flexibility index (Phi) is 8.77. The van der Waals surface area contributed by atoms with Gasteiger partial charge in [0.05, 0.1) is 33.3 Å². The number of piperidine rings is 2. The van der Waals surface area contributed by atoms with Crippen molar-refractivity contribution in [2.24, 2.45) is 0 Å². The van der Waals surface area contributed by atoms with E-state index < -0.39 is 58.2 Å². The molecule has 0 spiro atoms. The van der Waals surface area contributed by atoms with Crippen molar-refractivity contribution in [1.82, 2.24) is 10.1 Å². The van der Waals surface area contributed by atoms with Crippen LogP contribution in [0.15, 0.2) is 24.3 Å². The van der Waals surface area contributed by atoms with Crippen LogP contribution in [0.3, 0.4) is 0 Å². The van der Waals surface area contributed by atoms with Gasteiger partial charge in [-0.25, -0.2) is 9.59 Å². The molecule has 0 unspecified atom stereocenters. The van der Waals surface area contributed by atoms with Crippen molar-refractivity contribution in [1.29, 1.82) is 0 Å². The molecular weight excluding hydrogens is 516 g/mol. The molecule has 222 valence electrons. The Morgan fingerprint density at radius 2 is 0.925 bits per heavy atom. The van der Waals surface area contributed by atoms with E-state index in [0.29, 0.717) is 25.7 Å². The van der Waals surface area contributed by atoms with E-state index in [2.05, 4.69) is 0 Å². The Labute approximate surface area is 237 Å². The summed E-state index contributed by atoms with van der Waals surface area (Å²) in [5.74, 6) is -1.88. The van der Waals surface area contributed by atoms with Crippen LogP contribution in [0.1, 0.15) is 116 Å². The maximum absolute atomic E-state index is 13.1. The molecule has 0 atom stereocenters. The van der Waals surface area contributed by atoms with Gasteiger partial charge < -0.3 is 19.1 Å². The predicted octanol–water partition coefficient (Wildman–Crippen LogP) is 5.00. The number of carbonyl (C=O) groups excluding carboxylic acids is 4. The van der Waals surface area contributed by atoms with Crippen molar-refractivity contribution in [3.63, 3.8) is 0 Å². The van der Waals surface area contributed by atoms with E-state index in [0.717, 1.165) is 0 Å². The van der Waals surface area contributed by atoms with Crippen LogP contribution in [0.25, 0.3) is 0 Å². The fourth-order valence-electron chi connectivity index (χ4n) is 6.47. The number of hydrogen-bond acceptors (Lipinski definition) is 10. The lowest BCUT2D eigenvalue weighted by molar-refractivity contribution is -0.274. The molecule has 10 nitrogen and oxygen atoms in total. The highest BCUT2D eigenvalue weighted by molar-refractivity contribution is 5.95. The van der Waals surface area contributed by atoms with Crippen LogP contribution in [0.5, 0.6) is 0 Å². The molecule has 2 saturated heterocycles. The van der Waals surface area contributed by atoms with E-state index in [1.165, 1.54) is 19.9 Å². The van der Waals surface area contributed by atoms with Crippen LogP contribution in [0.4, 0.5) is 0 Å². The van der Waals surface area contributed by atoms with Gasteiger partial charge in [0.1, 0.15) is 12.2 Å². The second-order valence-electron chi connectivity index (χ2n) is 13.5. The van der Waals surface area contributed by atoms with Gasteiger partial charge >= 0.3 is 23.9 Å². The molecule has 10 heteroatoms. The SMILES string of the molecule is CC(=O)ON1C(C)(C)CC(OC(=O)c2cccc(C(=O)OC3CC(C)(C)N(OC(C)=O)C(C)(C)C3)c2)CC1(C)C. The zero-order valence-electron chi connectivity index (χ0n) is 25.5. The number of hydroxylamine groups is 4. The molecule has 0 N–H and O–H groups in total. The number of hydrogen-bond donors (Lipinski definition) is 0. The number of ether oxygens (including phenoxy) is 2. The molecule has 3 rings (SSSR count). The summed E-state index contributed by atoms with van der Waals surface area (Å²) in [6, 6.07) is 6.32. The van der Waals surface area contributed by atoms with Crippen molar-refractivity contribution in [2.45, 2.75) is 129 Å².